The molecular formula is C9H19NO4S. The van der Waals surface area contributed by atoms with Crippen LogP contribution >= 0.6 is 0 Å². The molecule has 1 aliphatic carbocycles. The number of hydrogen-bond acceptors (Lipinski definition) is 4. The van der Waals surface area contributed by atoms with E-state index < -0.39 is 10.0 Å². The molecule has 0 saturated heterocycles. The molecule has 90 valence electrons. The molecular weight excluding hydrogens is 218 g/mol. The Bertz CT molecular complexity index is 284. The van der Waals surface area contributed by atoms with Crippen molar-refractivity contribution in [2.24, 2.45) is 5.41 Å². The number of rotatable bonds is 8. The second-order valence-electron chi connectivity index (χ2n) is 4.14. The highest BCUT2D eigenvalue weighted by molar-refractivity contribution is 7.89. The number of aliphatic hydroxyl groups is 1. The lowest BCUT2D eigenvalue weighted by Gasteiger charge is -2.12. The Kier molecular flexibility index (Phi) is 4.51. The predicted octanol–water partition coefficient (Wildman–Crippen LogP) is -0.285. The summed E-state index contributed by atoms with van der Waals surface area (Å²) in [5.74, 6) is 0.0857. The van der Waals surface area contributed by atoms with Gasteiger partial charge in [0.15, 0.2) is 0 Å². The third-order valence-corrected chi connectivity index (χ3v) is 4.13. The Balaban J connectivity index is 2.24. The van der Waals surface area contributed by atoms with Gasteiger partial charge < -0.3 is 9.84 Å². The van der Waals surface area contributed by atoms with Crippen molar-refractivity contribution in [1.82, 2.24) is 4.72 Å². The molecule has 1 aliphatic rings. The van der Waals surface area contributed by atoms with Crippen LogP contribution in [0.4, 0.5) is 0 Å². The largest absolute Gasteiger partial charge is 0.396 e. The van der Waals surface area contributed by atoms with Crippen molar-refractivity contribution in [3.05, 3.63) is 0 Å². The van der Waals surface area contributed by atoms with Crippen LogP contribution in [0.15, 0.2) is 0 Å². The van der Waals surface area contributed by atoms with E-state index in [-0.39, 0.29) is 17.8 Å². The Hall–Kier alpha value is -0.170. The topological polar surface area (TPSA) is 75.6 Å². The molecule has 5 nitrogen and oxygen atoms in total. The summed E-state index contributed by atoms with van der Waals surface area (Å²) in [4.78, 5) is 0. The first kappa shape index (κ1) is 12.9. The van der Waals surface area contributed by atoms with E-state index in [1.54, 1.807) is 7.11 Å². The standard InChI is InChI=1S/C9H19NO4S/c1-14-5-2-6-15(12,13)10-7-9(8-11)3-4-9/h10-11H,2-8H2,1H3. The third-order valence-electron chi connectivity index (χ3n) is 2.72. The Morgan fingerprint density at radius 1 is 1.47 bits per heavy atom. The first-order valence-corrected chi connectivity index (χ1v) is 6.76. The van der Waals surface area contributed by atoms with E-state index in [4.69, 9.17) is 9.84 Å². The van der Waals surface area contributed by atoms with Crippen LogP contribution in [0.1, 0.15) is 19.3 Å². The highest BCUT2D eigenvalue weighted by atomic mass is 32.2. The van der Waals surface area contributed by atoms with Crippen molar-refractivity contribution in [3.8, 4) is 0 Å². The van der Waals surface area contributed by atoms with Gasteiger partial charge in [-0.3, -0.25) is 0 Å². The van der Waals surface area contributed by atoms with Gasteiger partial charge in [0.25, 0.3) is 0 Å². The van der Waals surface area contributed by atoms with Gasteiger partial charge in [0, 0.05) is 32.3 Å². The van der Waals surface area contributed by atoms with E-state index in [1.807, 2.05) is 0 Å². The lowest BCUT2D eigenvalue weighted by atomic mass is 10.1. The normalized spacial score (nSPS) is 19.1. The molecule has 0 aromatic heterocycles. The molecule has 1 rings (SSSR count). The smallest absolute Gasteiger partial charge is 0.211 e. The Morgan fingerprint density at radius 2 is 2.13 bits per heavy atom. The summed E-state index contributed by atoms with van der Waals surface area (Å²) in [6.07, 6.45) is 2.31. The molecule has 0 heterocycles. The van der Waals surface area contributed by atoms with Crippen LogP contribution in [-0.2, 0) is 14.8 Å². The van der Waals surface area contributed by atoms with Crippen LogP contribution in [0.5, 0.6) is 0 Å². The average molecular weight is 237 g/mol. The summed E-state index contributed by atoms with van der Waals surface area (Å²) in [5.41, 5.74) is -0.172. The van der Waals surface area contributed by atoms with E-state index in [9.17, 15) is 8.42 Å². The molecule has 2 N–H and O–H groups in total. The molecule has 1 fully saturated rings. The lowest BCUT2D eigenvalue weighted by Crippen LogP contribution is -2.33. The molecule has 6 heteroatoms. The summed E-state index contributed by atoms with van der Waals surface area (Å²) in [6.45, 7) is 0.873. The maximum absolute atomic E-state index is 11.4. The number of ether oxygens (including phenoxy) is 1. The minimum Gasteiger partial charge on any atom is -0.396 e. The fourth-order valence-electron chi connectivity index (χ4n) is 1.30. The van der Waals surface area contributed by atoms with E-state index in [1.165, 1.54) is 0 Å². The summed E-state index contributed by atoms with van der Waals surface area (Å²) in [6, 6.07) is 0. The van der Waals surface area contributed by atoms with Crippen LogP contribution in [-0.4, -0.2) is 46.1 Å². The fraction of sp³-hybridized carbons (Fsp3) is 1.00. The molecule has 15 heavy (non-hydrogen) atoms. The van der Waals surface area contributed by atoms with E-state index in [0.717, 1.165) is 12.8 Å². The van der Waals surface area contributed by atoms with Crippen molar-refractivity contribution in [2.75, 3.05) is 32.6 Å². The average Bonchev–Trinajstić information content (AvgIpc) is 2.96. The predicted molar refractivity (Wildman–Crippen MR) is 57.0 cm³/mol. The number of aliphatic hydroxyl groups excluding tert-OH is 1. The highest BCUT2D eigenvalue weighted by Gasteiger charge is 2.42. The molecule has 0 aromatic rings. The van der Waals surface area contributed by atoms with Gasteiger partial charge in [0.2, 0.25) is 10.0 Å². The van der Waals surface area contributed by atoms with Gasteiger partial charge in [-0.25, -0.2) is 13.1 Å². The summed E-state index contributed by atoms with van der Waals surface area (Å²) in [7, 11) is -1.65. The minimum absolute atomic E-state index is 0.0631. The zero-order valence-electron chi connectivity index (χ0n) is 9.03. The molecule has 0 spiro atoms. The molecule has 0 atom stereocenters. The molecule has 0 radical (unpaired) electrons. The van der Waals surface area contributed by atoms with Gasteiger partial charge in [-0.2, -0.15) is 0 Å². The summed E-state index contributed by atoms with van der Waals surface area (Å²) >= 11 is 0. The van der Waals surface area contributed by atoms with Crippen molar-refractivity contribution >= 4 is 10.0 Å². The van der Waals surface area contributed by atoms with E-state index in [0.29, 0.717) is 19.6 Å². The quantitative estimate of drug-likeness (QED) is 0.569. The maximum atomic E-state index is 11.4. The van der Waals surface area contributed by atoms with Crippen LogP contribution in [0, 0.1) is 5.41 Å². The van der Waals surface area contributed by atoms with Gasteiger partial charge in [-0.1, -0.05) is 0 Å². The molecule has 0 unspecified atom stereocenters. The van der Waals surface area contributed by atoms with Crippen LogP contribution in [0.3, 0.4) is 0 Å². The fourth-order valence-corrected chi connectivity index (χ4v) is 2.46. The summed E-state index contributed by atoms with van der Waals surface area (Å²) < 4.78 is 30.2. The van der Waals surface area contributed by atoms with Gasteiger partial charge in [0.1, 0.15) is 0 Å². The molecule has 0 bridgehead atoms. The number of methoxy groups -OCH3 is 1. The molecule has 0 amide bonds. The second-order valence-corrected chi connectivity index (χ2v) is 6.07. The van der Waals surface area contributed by atoms with Crippen molar-refractivity contribution < 1.29 is 18.3 Å². The van der Waals surface area contributed by atoms with Crippen LogP contribution < -0.4 is 4.72 Å². The highest BCUT2D eigenvalue weighted by Crippen LogP contribution is 2.44. The molecule has 0 aliphatic heterocycles. The van der Waals surface area contributed by atoms with Crippen LogP contribution in [0.25, 0.3) is 0 Å². The van der Waals surface area contributed by atoms with E-state index >= 15 is 0 Å². The number of nitrogens with one attached hydrogen (secondary N) is 1. The maximum Gasteiger partial charge on any atom is 0.211 e. The first-order valence-electron chi connectivity index (χ1n) is 5.11. The summed E-state index contributed by atoms with van der Waals surface area (Å²) in [5, 5.41) is 9.01. The number of hydrogen-bond donors (Lipinski definition) is 2. The van der Waals surface area contributed by atoms with Gasteiger partial charge >= 0.3 is 0 Å². The Labute approximate surface area is 90.9 Å². The molecule has 1 saturated carbocycles. The third kappa shape index (κ3) is 4.46. The minimum atomic E-state index is -3.20. The van der Waals surface area contributed by atoms with Crippen molar-refractivity contribution in [3.63, 3.8) is 0 Å². The zero-order valence-corrected chi connectivity index (χ0v) is 9.85. The second kappa shape index (κ2) is 5.25. The van der Waals surface area contributed by atoms with Crippen LogP contribution in [0.2, 0.25) is 0 Å². The van der Waals surface area contributed by atoms with E-state index in [2.05, 4.69) is 4.72 Å². The SMILES string of the molecule is COCCCS(=O)(=O)NCC1(CO)CC1. The van der Waals surface area contributed by atoms with Gasteiger partial charge in [0.05, 0.1) is 5.75 Å². The van der Waals surface area contributed by atoms with Gasteiger partial charge in [-0.15, -0.1) is 0 Å². The lowest BCUT2D eigenvalue weighted by molar-refractivity contribution is 0.199. The first-order chi connectivity index (χ1) is 7.04. The number of sulfonamides is 1. The molecule has 0 aromatic carbocycles. The zero-order chi connectivity index (χ0) is 11.4. The van der Waals surface area contributed by atoms with Crippen molar-refractivity contribution in [1.29, 1.82) is 0 Å². The van der Waals surface area contributed by atoms with Gasteiger partial charge in [-0.05, 0) is 19.3 Å². The van der Waals surface area contributed by atoms with Crippen molar-refractivity contribution in [2.45, 2.75) is 19.3 Å². The monoisotopic (exact) mass is 237 g/mol. The Morgan fingerprint density at radius 3 is 2.60 bits per heavy atom.